The topological polar surface area (TPSA) is 44.1 Å². The Morgan fingerprint density at radius 3 is 2.55 bits per heavy atom. The van der Waals surface area contributed by atoms with Gasteiger partial charge in [-0.2, -0.15) is 4.98 Å². The van der Waals surface area contributed by atoms with Crippen LogP contribution in [0.3, 0.4) is 0 Å². The first-order valence-electron chi connectivity index (χ1n) is 6.34. The van der Waals surface area contributed by atoms with E-state index in [0.29, 0.717) is 11.2 Å². The Labute approximate surface area is 116 Å². The fourth-order valence-corrected chi connectivity index (χ4v) is 2.40. The number of para-hydroxylation sites is 3. The van der Waals surface area contributed by atoms with Crippen molar-refractivity contribution in [2.45, 2.75) is 6.92 Å². The van der Waals surface area contributed by atoms with Crippen LogP contribution in [0.5, 0.6) is 5.75 Å². The van der Waals surface area contributed by atoms with E-state index >= 15 is 0 Å². The number of hydrogen-bond donors (Lipinski definition) is 0. The summed E-state index contributed by atoms with van der Waals surface area (Å²) in [5.74, 6) is 1.38. The van der Waals surface area contributed by atoms with Crippen molar-refractivity contribution in [1.29, 1.82) is 0 Å². The number of aryl methyl sites for hydroxylation is 1. The number of rotatable bonds is 2. The molecule has 20 heavy (non-hydrogen) atoms. The molecular formula is C16H14N2O2. The molecule has 0 amide bonds. The fourth-order valence-electron chi connectivity index (χ4n) is 2.40. The molecule has 100 valence electrons. The first-order chi connectivity index (χ1) is 9.72. The Morgan fingerprint density at radius 1 is 1.05 bits per heavy atom. The smallest absolute Gasteiger partial charge is 0.280 e. The molecule has 0 unspecified atom stereocenters. The standard InChI is InChI=1S/C16H14N2O2/c1-11-17-16(19)12-7-3-4-8-13(12)18(11)14-9-5-6-10-15(14)20-2/h3-10H,1-2H3. The van der Waals surface area contributed by atoms with Gasteiger partial charge >= 0.3 is 0 Å². The number of nitrogens with zero attached hydrogens (tertiary/aromatic N) is 2. The van der Waals surface area contributed by atoms with Gasteiger partial charge < -0.3 is 4.74 Å². The second-order valence-electron chi connectivity index (χ2n) is 4.49. The monoisotopic (exact) mass is 266 g/mol. The summed E-state index contributed by atoms with van der Waals surface area (Å²) in [7, 11) is 1.63. The summed E-state index contributed by atoms with van der Waals surface area (Å²) >= 11 is 0. The third-order valence-corrected chi connectivity index (χ3v) is 3.29. The lowest BCUT2D eigenvalue weighted by Crippen LogP contribution is -2.16. The molecule has 0 radical (unpaired) electrons. The van der Waals surface area contributed by atoms with Gasteiger partial charge in [0.2, 0.25) is 0 Å². The molecule has 1 aromatic heterocycles. The van der Waals surface area contributed by atoms with Crippen LogP contribution in [0.4, 0.5) is 0 Å². The number of fused-ring (bicyclic) bond motifs is 1. The van der Waals surface area contributed by atoms with E-state index in [-0.39, 0.29) is 5.56 Å². The predicted molar refractivity (Wildman–Crippen MR) is 78.6 cm³/mol. The highest BCUT2D eigenvalue weighted by Gasteiger charge is 2.12. The van der Waals surface area contributed by atoms with Crippen molar-refractivity contribution in [3.8, 4) is 11.4 Å². The van der Waals surface area contributed by atoms with Crippen LogP contribution >= 0.6 is 0 Å². The molecule has 1 heterocycles. The van der Waals surface area contributed by atoms with Crippen molar-refractivity contribution in [3.63, 3.8) is 0 Å². The zero-order valence-corrected chi connectivity index (χ0v) is 11.3. The number of benzene rings is 2. The average molecular weight is 266 g/mol. The van der Waals surface area contributed by atoms with Gasteiger partial charge in [0.15, 0.2) is 0 Å². The van der Waals surface area contributed by atoms with Crippen LogP contribution in [-0.4, -0.2) is 16.7 Å². The van der Waals surface area contributed by atoms with Crippen LogP contribution in [0.1, 0.15) is 5.82 Å². The molecule has 3 aromatic rings. The highest BCUT2D eigenvalue weighted by Crippen LogP contribution is 2.25. The van der Waals surface area contributed by atoms with Crippen LogP contribution in [-0.2, 0) is 0 Å². The molecular weight excluding hydrogens is 252 g/mol. The van der Waals surface area contributed by atoms with Crippen molar-refractivity contribution in [2.24, 2.45) is 0 Å². The maximum absolute atomic E-state index is 12.0. The van der Waals surface area contributed by atoms with Crippen LogP contribution in [0.15, 0.2) is 53.3 Å². The molecule has 0 bridgehead atoms. The molecule has 0 aliphatic rings. The molecule has 0 spiro atoms. The molecule has 0 atom stereocenters. The maximum atomic E-state index is 12.0. The second-order valence-corrected chi connectivity index (χ2v) is 4.49. The summed E-state index contributed by atoms with van der Waals surface area (Å²) in [6.07, 6.45) is 0. The minimum Gasteiger partial charge on any atom is -0.495 e. The Morgan fingerprint density at radius 2 is 1.75 bits per heavy atom. The second kappa shape index (κ2) is 4.81. The van der Waals surface area contributed by atoms with Gasteiger partial charge in [0.1, 0.15) is 11.6 Å². The number of ether oxygens (including phenoxy) is 1. The van der Waals surface area contributed by atoms with Gasteiger partial charge in [0, 0.05) is 0 Å². The first-order valence-corrected chi connectivity index (χ1v) is 6.34. The largest absolute Gasteiger partial charge is 0.495 e. The summed E-state index contributed by atoms with van der Waals surface area (Å²) in [5.41, 5.74) is 1.50. The third-order valence-electron chi connectivity index (χ3n) is 3.29. The molecule has 4 heteroatoms. The van der Waals surface area contributed by atoms with Gasteiger partial charge in [-0.15, -0.1) is 0 Å². The first kappa shape index (κ1) is 12.4. The molecule has 0 N–H and O–H groups in total. The highest BCUT2D eigenvalue weighted by molar-refractivity contribution is 5.80. The normalized spacial score (nSPS) is 10.7. The quantitative estimate of drug-likeness (QED) is 0.716. The molecule has 0 saturated carbocycles. The molecule has 3 rings (SSSR count). The number of hydrogen-bond acceptors (Lipinski definition) is 3. The van der Waals surface area contributed by atoms with E-state index < -0.39 is 0 Å². The number of aromatic nitrogens is 2. The predicted octanol–water partition coefficient (Wildman–Crippen LogP) is 2.70. The molecule has 0 aliphatic carbocycles. The third kappa shape index (κ3) is 1.86. The van der Waals surface area contributed by atoms with Gasteiger partial charge in [-0.3, -0.25) is 9.36 Å². The van der Waals surface area contributed by atoms with Crippen LogP contribution in [0.25, 0.3) is 16.6 Å². The highest BCUT2D eigenvalue weighted by atomic mass is 16.5. The molecule has 0 saturated heterocycles. The van der Waals surface area contributed by atoms with Crippen molar-refractivity contribution in [1.82, 2.24) is 9.55 Å². The van der Waals surface area contributed by atoms with E-state index in [2.05, 4.69) is 4.98 Å². The van der Waals surface area contributed by atoms with E-state index in [1.165, 1.54) is 0 Å². The van der Waals surface area contributed by atoms with Gasteiger partial charge in [0.25, 0.3) is 5.56 Å². The number of methoxy groups -OCH3 is 1. The fraction of sp³-hybridized carbons (Fsp3) is 0.125. The molecule has 4 nitrogen and oxygen atoms in total. The van der Waals surface area contributed by atoms with Crippen molar-refractivity contribution in [2.75, 3.05) is 7.11 Å². The summed E-state index contributed by atoms with van der Waals surface area (Å²) in [4.78, 5) is 16.1. The van der Waals surface area contributed by atoms with E-state index in [1.54, 1.807) is 13.2 Å². The molecule has 0 fully saturated rings. The Hall–Kier alpha value is -2.62. The SMILES string of the molecule is COc1ccccc1-n1c(C)nc(=O)c2ccccc21. The van der Waals surface area contributed by atoms with E-state index in [9.17, 15) is 4.79 Å². The van der Waals surface area contributed by atoms with E-state index in [4.69, 9.17) is 4.74 Å². The van der Waals surface area contributed by atoms with Gasteiger partial charge in [-0.25, -0.2) is 0 Å². The lowest BCUT2D eigenvalue weighted by Gasteiger charge is -2.16. The summed E-state index contributed by atoms with van der Waals surface area (Å²) in [5, 5.41) is 0.601. The summed E-state index contributed by atoms with van der Waals surface area (Å²) in [6, 6.07) is 15.1. The minimum atomic E-state index is -0.204. The van der Waals surface area contributed by atoms with Gasteiger partial charge in [-0.05, 0) is 31.2 Å². The van der Waals surface area contributed by atoms with Gasteiger partial charge in [-0.1, -0.05) is 24.3 Å². The zero-order chi connectivity index (χ0) is 14.1. The van der Waals surface area contributed by atoms with Crippen LogP contribution in [0, 0.1) is 6.92 Å². The zero-order valence-electron chi connectivity index (χ0n) is 11.3. The average Bonchev–Trinajstić information content (AvgIpc) is 2.48. The van der Waals surface area contributed by atoms with E-state index in [0.717, 1.165) is 17.0 Å². The Balaban J connectivity index is 2.45. The Bertz CT molecular complexity index is 837. The van der Waals surface area contributed by atoms with Crippen molar-refractivity contribution < 1.29 is 4.74 Å². The van der Waals surface area contributed by atoms with Crippen molar-refractivity contribution >= 4 is 10.9 Å². The minimum absolute atomic E-state index is 0.204. The van der Waals surface area contributed by atoms with Crippen molar-refractivity contribution in [3.05, 3.63) is 64.7 Å². The van der Waals surface area contributed by atoms with Crippen LogP contribution < -0.4 is 10.3 Å². The molecule has 2 aromatic carbocycles. The van der Waals surface area contributed by atoms with Crippen LogP contribution in [0.2, 0.25) is 0 Å². The lowest BCUT2D eigenvalue weighted by atomic mass is 10.2. The lowest BCUT2D eigenvalue weighted by molar-refractivity contribution is 0.413. The van der Waals surface area contributed by atoms with Gasteiger partial charge in [0.05, 0.1) is 23.7 Å². The molecule has 0 aliphatic heterocycles. The summed E-state index contributed by atoms with van der Waals surface area (Å²) < 4.78 is 7.35. The van der Waals surface area contributed by atoms with E-state index in [1.807, 2.05) is 54.0 Å². The maximum Gasteiger partial charge on any atom is 0.280 e. The Kier molecular flexibility index (Phi) is 2.99. The summed E-state index contributed by atoms with van der Waals surface area (Å²) in [6.45, 7) is 1.82.